The molecule has 1 aliphatic rings. The van der Waals surface area contributed by atoms with E-state index >= 15 is 0 Å². The van der Waals surface area contributed by atoms with Gasteiger partial charge in [0.05, 0.1) is 26.2 Å². The number of non-ortho nitro benzene ring substituents is 1. The number of nitrogens with zero attached hydrogens (tertiary/aromatic N) is 2. The Morgan fingerprint density at radius 2 is 1.91 bits per heavy atom. The Kier molecular flexibility index (Phi) is 7.37. The number of hydrogen-bond acceptors (Lipinski definition) is 7. The predicted octanol–water partition coefficient (Wildman–Crippen LogP) is 6.09. The summed E-state index contributed by atoms with van der Waals surface area (Å²) in [5.74, 6) is 0.274. The highest BCUT2D eigenvalue weighted by Gasteiger charge is 2.27. The molecule has 0 N–H and O–H groups in total. The molecular formula is C25H18ClIN2O6. The van der Waals surface area contributed by atoms with Crippen molar-refractivity contribution in [3.63, 3.8) is 0 Å². The number of methoxy groups -OCH3 is 1. The Balaban J connectivity index is 1.61. The zero-order valence-corrected chi connectivity index (χ0v) is 21.5. The maximum absolute atomic E-state index is 12.4. The van der Waals surface area contributed by atoms with E-state index in [1.807, 2.05) is 37.3 Å². The SMILES string of the molecule is COc1cc(/C=C2\N=C(c3cc([N+](=O)[O-])ccc3Cl)OC2=O)cc(I)c1OCc1ccc(C)cc1. The van der Waals surface area contributed by atoms with Crippen LogP contribution in [0.25, 0.3) is 6.08 Å². The van der Waals surface area contributed by atoms with Crippen molar-refractivity contribution in [1.82, 2.24) is 0 Å². The van der Waals surface area contributed by atoms with Crippen molar-refractivity contribution in [1.29, 1.82) is 0 Å². The zero-order chi connectivity index (χ0) is 25.1. The Hall–Kier alpha value is -3.44. The number of carbonyl (C=O) groups excluding carboxylic acids is 1. The number of carbonyl (C=O) groups is 1. The second-order valence-electron chi connectivity index (χ2n) is 7.57. The molecule has 0 radical (unpaired) electrons. The minimum atomic E-state index is -0.698. The van der Waals surface area contributed by atoms with Crippen molar-refractivity contribution in [3.05, 3.63) is 101 Å². The predicted molar refractivity (Wildman–Crippen MR) is 140 cm³/mol. The highest BCUT2D eigenvalue weighted by Crippen LogP contribution is 2.36. The smallest absolute Gasteiger partial charge is 0.363 e. The summed E-state index contributed by atoms with van der Waals surface area (Å²) in [6.45, 7) is 2.40. The third kappa shape index (κ3) is 5.63. The first kappa shape index (κ1) is 24.7. The van der Waals surface area contributed by atoms with Crippen molar-refractivity contribution < 1.29 is 23.9 Å². The zero-order valence-electron chi connectivity index (χ0n) is 18.6. The third-order valence-corrected chi connectivity index (χ3v) is 6.20. The van der Waals surface area contributed by atoms with E-state index in [0.717, 1.165) is 9.13 Å². The molecule has 0 fully saturated rings. The van der Waals surface area contributed by atoms with E-state index in [2.05, 4.69) is 27.6 Å². The molecule has 0 amide bonds. The second kappa shape index (κ2) is 10.4. The number of rotatable bonds is 7. The fourth-order valence-electron chi connectivity index (χ4n) is 3.28. The molecule has 0 saturated heterocycles. The molecule has 178 valence electrons. The number of nitro groups is 1. The molecule has 0 atom stereocenters. The van der Waals surface area contributed by atoms with Crippen LogP contribution in [0.15, 0.2) is 65.3 Å². The lowest BCUT2D eigenvalue weighted by Gasteiger charge is -2.14. The molecule has 1 aliphatic heterocycles. The molecule has 0 spiro atoms. The van der Waals surface area contributed by atoms with E-state index in [4.69, 9.17) is 25.8 Å². The van der Waals surface area contributed by atoms with Gasteiger partial charge in [-0.3, -0.25) is 10.1 Å². The molecule has 4 rings (SSSR count). The monoisotopic (exact) mass is 604 g/mol. The van der Waals surface area contributed by atoms with Gasteiger partial charge in [0.1, 0.15) is 6.61 Å². The van der Waals surface area contributed by atoms with Gasteiger partial charge in [-0.05, 0) is 64.9 Å². The quantitative estimate of drug-likeness (QED) is 0.106. The first-order valence-corrected chi connectivity index (χ1v) is 11.7. The second-order valence-corrected chi connectivity index (χ2v) is 9.14. The van der Waals surface area contributed by atoms with Crippen molar-refractivity contribution in [3.8, 4) is 11.5 Å². The number of esters is 1. The topological polar surface area (TPSA) is 100 Å². The lowest BCUT2D eigenvalue weighted by molar-refractivity contribution is -0.384. The van der Waals surface area contributed by atoms with Crippen LogP contribution in [-0.2, 0) is 16.1 Å². The van der Waals surface area contributed by atoms with E-state index in [0.29, 0.717) is 23.7 Å². The molecule has 3 aromatic rings. The summed E-state index contributed by atoms with van der Waals surface area (Å²) in [5, 5.41) is 11.3. The van der Waals surface area contributed by atoms with E-state index in [1.165, 1.54) is 36.9 Å². The highest BCUT2D eigenvalue weighted by atomic mass is 127. The van der Waals surface area contributed by atoms with Crippen LogP contribution in [0.5, 0.6) is 11.5 Å². The molecule has 0 saturated carbocycles. The van der Waals surface area contributed by atoms with Gasteiger partial charge >= 0.3 is 5.97 Å². The Morgan fingerprint density at radius 1 is 1.17 bits per heavy atom. The lowest BCUT2D eigenvalue weighted by Crippen LogP contribution is -2.06. The third-order valence-electron chi connectivity index (χ3n) is 5.07. The molecular weight excluding hydrogens is 587 g/mol. The number of nitro benzene ring substituents is 1. The van der Waals surface area contributed by atoms with Gasteiger partial charge in [-0.25, -0.2) is 9.79 Å². The Morgan fingerprint density at radius 3 is 2.60 bits per heavy atom. The van der Waals surface area contributed by atoms with Crippen LogP contribution in [-0.4, -0.2) is 23.9 Å². The van der Waals surface area contributed by atoms with Crippen LogP contribution in [0, 0.1) is 20.6 Å². The number of benzene rings is 3. The van der Waals surface area contributed by atoms with Crippen molar-refractivity contribution in [2.45, 2.75) is 13.5 Å². The molecule has 0 bridgehead atoms. The minimum Gasteiger partial charge on any atom is -0.493 e. The molecule has 8 nitrogen and oxygen atoms in total. The number of halogens is 2. The van der Waals surface area contributed by atoms with Crippen LogP contribution in [0.1, 0.15) is 22.3 Å². The average Bonchev–Trinajstić information content (AvgIpc) is 3.19. The van der Waals surface area contributed by atoms with E-state index in [1.54, 1.807) is 6.07 Å². The standard InChI is InChI=1S/C25H18ClIN2O6/c1-14-3-5-15(6-4-14)13-34-23-20(27)9-16(11-22(23)33-2)10-21-25(30)35-24(28-21)18-12-17(29(31)32)7-8-19(18)26/h3-12H,13H2,1-2H3/b21-10-. The van der Waals surface area contributed by atoms with Crippen LogP contribution < -0.4 is 9.47 Å². The van der Waals surface area contributed by atoms with Gasteiger partial charge in [-0.2, -0.15) is 0 Å². The average molecular weight is 605 g/mol. The van der Waals surface area contributed by atoms with Crippen LogP contribution >= 0.6 is 34.2 Å². The summed E-state index contributed by atoms with van der Waals surface area (Å²) in [5.41, 5.74) is 2.81. The van der Waals surface area contributed by atoms with Crippen molar-refractivity contribution >= 4 is 57.8 Å². The van der Waals surface area contributed by atoms with Gasteiger partial charge in [0.2, 0.25) is 5.90 Å². The number of cyclic esters (lactones) is 1. The highest BCUT2D eigenvalue weighted by molar-refractivity contribution is 14.1. The fraction of sp³-hybridized carbons (Fsp3) is 0.120. The first-order valence-electron chi connectivity index (χ1n) is 10.3. The van der Waals surface area contributed by atoms with Gasteiger partial charge in [-0.1, -0.05) is 41.4 Å². The van der Waals surface area contributed by atoms with Crippen LogP contribution in [0.4, 0.5) is 5.69 Å². The molecule has 1 heterocycles. The molecule has 0 unspecified atom stereocenters. The molecule has 0 aromatic heterocycles. The number of hydrogen-bond donors (Lipinski definition) is 0. The van der Waals surface area contributed by atoms with Crippen LogP contribution in [0.3, 0.4) is 0 Å². The Bertz CT molecular complexity index is 1390. The normalized spacial score (nSPS) is 14.0. The van der Waals surface area contributed by atoms with E-state index in [9.17, 15) is 14.9 Å². The van der Waals surface area contributed by atoms with Gasteiger partial charge in [0.25, 0.3) is 5.69 Å². The van der Waals surface area contributed by atoms with Crippen LogP contribution in [0.2, 0.25) is 5.02 Å². The minimum absolute atomic E-state index is 0.0220. The van der Waals surface area contributed by atoms with Crippen molar-refractivity contribution in [2.75, 3.05) is 7.11 Å². The van der Waals surface area contributed by atoms with Gasteiger partial charge < -0.3 is 14.2 Å². The van der Waals surface area contributed by atoms with E-state index in [-0.39, 0.29) is 27.9 Å². The van der Waals surface area contributed by atoms with Gasteiger partial charge in [0, 0.05) is 12.1 Å². The Labute approximate surface area is 219 Å². The summed E-state index contributed by atoms with van der Waals surface area (Å²) in [7, 11) is 1.53. The summed E-state index contributed by atoms with van der Waals surface area (Å²) >= 11 is 8.29. The summed E-state index contributed by atoms with van der Waals surface area (Å²) < 4.78 is 17.5. The van der Waals surface area contributed by atoms with E-state index < -0.39 is 10.9 Å². The summed E-state index contributed by atoms with van der Waals surface area (Å²) in [6.07, 6.45) is 1.54. The van der Waals surface area contributed by atoms with Gasteiger partial charge in [0.15, 0.2) is 17.2 Å². The molecule has 10 heteroatoms. The molecule has 3 aromatic carbocycles. The first-order chi connectivity index (χ1) is 16.7. The summed E-state index contributed by atoms with van der Waals surface area (Å²) in [6, 6.07) is 15.4. The summed E-state index contributed by atoms with van der Waals surface area (Å²) in [4.78, 5) is 27.2. The molecule has 35 heavy (non-hydrogen) atoms. The lowest BCUT2D eigenvalue weighted by atomic mass is 10.1. The molecule has 0 aliphatic carbocycles. The van der Waals surface area contributed by atoms with Gasteiger partial charge in [-0.15, -0.1) is 0 Å². The number of aliphatic imine (C=N–C) groups is 1. The maximum atomic E-state index is 12.4. The number of aryl methyl sites for hydroxylation is 1. The number of ether oxygens (including phenoxy) is 3. The fourth-order valence-corrected chi connectivity index (χ4v) is 4.26. The van der Waals surface area contributed by atoms with Crippen molar-refractivity contribution in [2.24, 2.45) is 4.99 Å². The maximum Gasteiger partial charge on any atom is 0.363 e. The largest absolute Gasteiger partial charge is 0.493 e.